The first-order valence-corrected chi connectivity index (χ1v) is 6.44. The quantitative estimate of drug-likeness (QED) is 0.569. The van der Waals surface area contributed by atoms with Crippen LogP contribution in [-0.2, 0) is 6.54 Å². The summed E-state index contributed by atoms with van der Waals surface area (Å²) in [4.78, 5) is 18.6. The van der Waals surface area contributed by atoms with Crippen LogP contribution in [0.1, 0.15) is 5.89 Å². The fraction of sp³-hybridized carbons (Fsp3) is 0.0714. The summed E-state index contributed by atoms with van der Waals surface area (Å²) >= 11 is 0. The van der Waals surface area contributed by atoms with Gasteiger partial charge in [-0.2, -0.15) is 4.98 Å². The van der Waals surface area contributed by atoms with Crippen LogP contribution in [0.5, 0.6) is 0 Å². The summed E-state index contributed by atoms with van der Waals surface area (Å²) < 4.78 is 5.13. The van der Waals surface area contributed by atoms with Crippen molar-refractivity contribution in [3.63, 3.8) is 0 Å². The normalized spacial score (nSPS) is 10.4. The molecule has 8 heteroatoms. The van der Waals surface area contributed by atoms with E-state index in [9.17, 15) is 10.1 Å². The van der Waals surface area contributed by atoms with E-state index in [0.717, 1.165) is 5.56 Å². The van der Waals surface area contributed by atoms with Crippen molar-refractivity contribution < 1.29 is 9.45 Å². The largest absolute Gasteiger partial charge is 0.371 e. The molecule has 8 nitrogen and oxygen atoms in total. The molecule has 0 spiro atoms. The highest BCUT2D eigenvalue weighted by Crippen LogP contribution is 2.23. The van der Waals surface area contributed by atoms with Gasteiger partial charge in [0.15, 0.2) is 0 Å². The van der Waals surface area contributed by atoms with E-state index >= 15 is 0 Å². The number of aromatic nitrogens is 3. The number of nitro benzene ring substituents is 1. The predicted molar refractivity (Wildman–Crippen MR) is 78.0 cm³/mol. The second kappa shape index (κ2) is 6.00. The van der Waals surface area contributed by atoms with Crippen LogP contribution in [0.25, 0.3) is 11.4 Å². The van der Waals surface area contributed by atoms with Crippen molar-refractivity contribution in [1.29, 1.82) is 0 Å². The molecule has 0 saturated heterocycles. The molecular formula is C14H11N5O3. The molecule has 0 fully saturated rings. The van der Waals surface area contributed by atoms with Gasteiger partial charge in [-0.15, -0.1) is 0 Å². The Hall–Kier alpha value is -3.29. The molecule has 0 unspecified atom stereocenters. The first-order valence-electron chi connectivity index (χ1n) is 6.44. The lowest BCUT2D eigenvalue weighted by atomic mass is 10.2. The Kier molecular flexibility index (Phi) is 3.73. The van der Waals surface area contributed by atoms with Crippen molar-refractivity contribution in [1.82, 2.24) is 15.1 Å². The number of hydrogen-bond donors (Lipinski definition) is 1. The second-order valence-electron chi connectivity index (χ2n) is 4.38. The molecule has 0 amide bonds. The Morgan fingerprint density at radius 3 is 2.73 bits per heavy atom. The molecular weight excluding hydrogens is 286 g/mol. The number of hydrogen-bond acceptors (Lipinski definition) is 7. The molecule has 22 heavy (non-hydrogen) atoms. The molecule has 0 aliphatic heterocycles. The average Bonchev–Trinajstić information content (AvgIpc) is 3.03. The lowest BCUT2D eigenvalue weighted by Crippen LogP contribution is -2.02. The maximum absolute atomic E-state index is 10.9. The molecule has 0 saturated carbocycles. The zero-order valence-corrected chi connectivity index (χ0v) is 11.3. The van der Waals surface area contributed by atoms with Gasteiger partial charge in [0.1, 0.15) is 5.69 Å². The van der Waals surface area contributed by atoms with E-state index in [1.807, 2.05) is 0 Å². The third-order valence-corrected chi connectivity index (χ3v) is 2.94. The van der Waals surface area contributed by atoms with Crippen LogP contribution >= 0.6 is 0 Å². The van der Waals surface area contributed by atoms with Gasteiger partial charge in [0.05, 0.1) is 11.5 Å². The van der Waals surface area contributed by atoms with Crippen LogP contribution in [0.2, 0.25) is 0 Å². The maximum atomic E-state index is 10.9. The number of benzene rings is 1. The van der Waals surface area contributed by atoms with Crippen LogP contribution in [0.4, 0.5) is 11.4 Å². The summed E-state index contributed by atoms with van der Waals surface area (Å²) in [5.41, 5.74) is 1.18. The highest BCUT2D eigenvalue weighted by molar-refractivity contribution is 5.61. The minimum atomic E-state index is -0.446. The van der Waals surface area contributed by atoms with Crippen molar-refractivity contribution in [3.05, 3.63) is 64.8 Å². The van der Waals surface area contributed by atoms with E-state index in [-0.39, 0.29) is 12.2 Å². The topological polar surface area (TPSA) is 107 Å². The van der Waals surface area contributed by atoms with Gasteiger partial charge in [-0.3, -0.25) is 15.1 Å². The lowest BCUT2D eigenvalue weighted by molar-refractivity contribution is -0.384. The number of anilines is 1. The molecule has 2 heterocycles. The van der Waals surface area contributed by atoms with Crippen LogP contribution in [0.3, 0.4) is 0 Å². The molecule has 1 aromatic carbocycles. The Bertz CT molecular complexity index is 788. The molecule has 3 rings (SSSR count). The van der Waals surface area contributed by atoms with E-state index in [1.54, 1.807) is 42.7 Å². The zero-order chi connectivity index (χ0) is 15.4. The standard InChI is InChI=1S/C14H11N5O3/c20-19(21)12-4-2-1-3-11(12)16-9-13-17-14(18-22-13)10-5-7-15-8-6-10/h1-8,16H,9H2. The van der Waals surface area contributed by atoms with Gasteiger partial charge in [0.25, 0.3) is 5.69 Å². The number of nitrogens with one attached hydrogen (secondary N) is 1. The van der Waals surface area contributed by atoms with Crippen LogP contribution in [0.15, 0.2) is 53.3 Å². The first kappa shape index (κ1) is 13.7. The average molecular weight is 297 g/mol. The summed E-state index contributed by atoms with van der Waals surface area (Å²) in [5.74, 6) is 0.784. The van der Waals surface area contributed by atoms with E-state index in [1.165, 1.54) is 6.07 Å². The van der Waals surface area contributed by atoms with Crippen molar-refractivity contribution in [3.8, 4) is 11.4 Å². The number of nitro groups is 1. The van der Waals surface area contributed by atoms with Gasteiger partial charge >= 0.3 is 0 Å². The van der Waals surface area contributed by atoms with E-state index in [0.29, 0.717) is 17.4 Å². The molecule has 2 aromatic heterocycles. The van der Waals surface area contributed by atoms with Gasteiger partial charge < -0.3 is 9.84 Å². The Morgan fingerprint density at radius 2 is 1.95 bits per heavy atom. The third-order valence-electron chi connectivity index (χ3n) is 2.94. The minimum Gasteiger partial charge on any atom is -0.371 e. The molecule has 0 radical (unpaired) electrons. The van der Waals surface area contributed by atoms with Gasteiger partial charge in [-0.05, 0) is 18.2 Å². The number of nitrogens with zero attached hydrogens (tertiary/aromatic N) is 4. The van der Waals surface area contributed by atoms with Gasteiger partial charge in [-0.25, -0.2) is 0 Å². The summed E-state index contributed by atoms with van der Waals surface area (Å²) in [6, 6.07) is 9.91. The van der Waals surface area contributed by atoms with Gasteiger partial charge in [0.2, 0.25) is 11.7 Å². The van der Waals surface area contributed by atoms with Crippen LogP contribution < -0.4 is 5.32 Å². The SMILES string of the molecule is O=[N+]([O-])c1ccccc1NCc1nc(-c2ccncc2)no1. The van der Waals surface area contributed by atoms with Crippen LogP contribution in [-0.4, -0.2) is 20.0 Å². The highest BCUT2D eigenvalue weighted by atomic mass is 16.6. The summed E-state index contributed by atoms with van der Waals surface area (Å²) in [7, 11) is 0. The molecule has 0 aliphatic rings. The minimum absolute atomic E-state index is 0.00336. The molecule has 0 aliphatic carbocycles. The Labute approximate surface area is 125 Å². The number of para-hydroxylation sites is 2. The van der Waals surface area contributed by atoms with E-state index < -0.39 is 4.92 Å². The maximum Gasteiger partial charge on any atom is 0.292 e. The smallest absolute Gasteiger partial charge is 0.292 e. The second-order valence-corrected chi connectivity index (χ2v) is 4.38. The monoisotopic (exact) mass is 297 g/mol. The number of pyridine rings is 1. The van der Waals surface area contributed by atoms with Crippen molar-refractivity contribution >= 4 is 11.4 Å². The summed E-state index contributed by atoms with van der Waals surface area (Å²) in [6.45, 7) is 0.197. The van der Waals surface area contributed by atoms with Gasteiger partial charge in [-0.1, -0.05) is 17.3 Å². The fourth-order valence-electron chi connectivity index (χ4n) is 1.90. The summed E-state index contributed by atoms with van der Waals surface area (Å²) in [6.07, 6.45) is 3.27. The van der Waals surface area contributed by atoms with E-state index in [2.05, 4.69) is 20.4 Å². The number of rotatable bonds is 5. The zero-order valence-electron chi connectivity index (χ0n) is 11.3. The van der Waals surface area contributed by atoms with Crippen molar-refractivity contribution in [2.24, 2.45) is 0 Å². The molecule has 0 bridgehead atoms. The van der Waals surface area contributed by atoms with E-state index in [4.69, 9.17) is 4.52 Å². The molecule has 1 N–H and O–H groups in total. The van der Waals surface area contributed by atoms with Crippen LogP contribution in [0, 0.1) is 10.1 Å². The summed E-state index contributed by atoms with van der Waals surface area (Å²) in [5, 5.41) is 17.7. The third kappa shape index (κ3) is 2.90. The lowest BCUT2D eigenvalue weighted by Gasteiger charge is -2.03. The molecule has 3 aromatic rings. The van der Waals surface area contributed by atoms with Gasteiger partial charge in [0, 0.05) is 24.0 Å². The Morgan fingerprint density at radius 1 is 1.18 bits per heavy atom. The first-order chi connectivity index (χ1) is 10.7. The fourth-order valence-corrected chi connectivity index (χ4v) is 1.90. The highest BCUT2D eigenvalue weighted by Gasteiger charge is 2.13. The molecule has 0 atom stereocenters. The van der Waals surface area contributed by atoms with Crippen molar-refractivity contribution in [2.75, 3.05) is 5.32 Å². The predicted octanol–water partition coefficient (Wildman–Crippen LogP) is 2.65. The molecule has 110 valence electrons. The van der Waals surface area contributed by atoms with Crippen molar-refractivity contribution in [2.45, 2.75) is 6.54 Å². The Balaban J connectivity index is 1.73.